The maximum atomic E-state index is 13.1. The van der Waals surface area contributed by atoms with Gasteiger partial charge < -0.3 is 14.6 Å². The third-order valence-corrected chi connectivity index (χ3v) is 6.49. The average Bonchev–Trinajstić information content (AvgIpc) is 3.12. The lowest BCUT2D eigenvalue weighted by Gasteiger charge is -2.27. The van der Waals surface area contributed by atoms with E-state index in [9.17, 15) is 18.5 Å². The molecule has 0 saturated carbocycles. The van der Waals surface area contributed by atoms with Crippen LogP contribution in [0.5, 0.6) is 0 Å². The minimum atomic E-state index is -3.91. The van der Waals surface area contributed by atoms with Crippen molar-refractivity contribution in [3.8, 4) is 0 Å². The number of hydrogen-bond acceptors (Lipinski definition) is 8. The molecule has 28 heavy (non-hydrogen) atoms. The summed E-state index contributed by atoms with van der Waals surface area (Å²) in [5.74, 6) is 0.689. The van der Waals surface area contributed by atoms with Crippen LogP contribution in [0.25, 0.3) is 0 Å². The Morgan fingerprint density at radius 2 is 2.07 bits per heavy atom. The molecule has 0 bridgehead atoms. The Hall–Kier alpha value is -2.57. The molecule has 11 nitrogen and oxygen atoms in total. The Morgan fingerprint density at radius 1 is 1.36 bits per heavy atom. The van der Waals surface area contributed by atoms with Gasteiger partial charge in [0.1, 0.15) is 17.0 Å². The SMILES string of the molecule is C[C@@H](CNc1ccc([N+](=O)[O-])cc1S(=O)(=O)N1CCOCC1)c1nncn1C. The van der Waals surface area contributed by atoms with Crippen LogP contribution in [0, 0.1) is 10.1 Å². The lowest BCUT2D eigenvalue weighted by Crippen LogP contribution is -2.40. The molecule has 1 aromatic heterocycles. The molecule has 0 aliphatic carbocycles. The average molecular weight is 410 g/mol. The van der Waals surface area contributed by atoms with Gasteiger partial charge in [0.2, 0.25) is 10.0 Å². The van der Waals surface area contributed by atoms with Crippen molar-refractivity contribution in [2.24, 2.45) is 7.05 Å². The molecule has 1 aromatic carbocycles. The van der Waals surface area contributed by atoms with Crippen LogP contribution in [-0.2, 0) is 21.8 Å². The molecule has 152 valence electrons. The number of sulfonamides is 1. The maximum absolute atomic E-state index is 13.1. The molecule has 1 atom stereocenters. The highest BCUT2D eigenvalue weighted by Gasteiger charge is 2.30. The maximum Gasteiger partial charge on any atom is 0.270 e. The van der Waals surface area contributed by atoms with E-state index in [0.717, 1.165) is 11.9 Å². The fraction of sp³-hybridized carbons (Fsp3) is 0.500. The highest BCUT2D eigenvalue weighted by Crippen LogP contribution is 2.30. The molecular formula is C16H22N6O5S. The van der Waals surface area contributed by atoms with Gasteiger partial charge in [-0.3, -0.25) is 10.1 Å². The largest absolute Gasteiger partial charge is 0.383 e. The molecular weight excluding hydrogens is 388 g/mol. The van der Waals surface area contributed by atoms with Gasteiger partial charge in [0.15, 0.2) is 0 Å². The van der Waals surface area contributed by atoms with E-state index in [1.807, 2.05) is 14.0 Å². The fourth-order valence-corrected chi connectivity index (χ4v) is 4.60. The van der Waals surface area contributed by atoms with Crippen LogP contribution < -0.4 is 5.32 Å². The third kappa shape index (κ3) is 4.13. The summed E-state index contributed by atoms with van der Waals surface area (Å²) in [7, 11) is -2.08. The zero-order valence-electron chi connectivity index (χ0n) is 15.6. The number of aromatic nitrogens is 3. The van der Waals surface area contributed by atoms with Gasteiger partial charge in [-0.1, -0.05) is 6.92 Å². The highest BCUT2D eigenvalue weighted by atomic mass is 32.2. The van der Waals surface area contributed by atoms with Crippen LogP contribution in [0.15, 0.2) is 29.4 Å². The summed E-state index contributed by atoms with van der Waals surface area (Å²) in [6.45, 7) is 3.31. The predicted molar refractivity (Wildman–Crippen MR) is 101 cm³/mol. The van der Waals surface area contributed by atoms with E-state index in [1.54, 1.807) is 10.9 Å². The Bertz CT molecular complexity index is 954. The van der Waals surface area contributed by atoms with Gasteiger partial charge in [0, 0.05) is 44.7 Å². The van der Waals surface area contributed by atoms with Crippen molar-refractivity contribution < 1.29 is 18.1 Å². The van der Waals surface area contributed by atoms with Gasteiger partial charge in [0.25, 0.3) is 5.69 Å². The number of non-ortho nitro benzene ring substituents is 1. The van der Waals surface area contributed by atoms with Crippen molar-refractivity contribution >= 4 is 21.4 Å². The first kappa shape index (κ1) is 20.2. The summed E-state index contributed by atoms with van der Waals surface area (Å²) in [5, 5.41) is 22.2. The Morgan fingerprint density at radius 3 is 2.68 bits per heavy atom. The summed E-state index contributed by atoms with van der Waals surface area (Å²) in [5.41, 5.74) is 0.0323. The van der Waals surface area contributed by atoms with E-state index in [-0.39, 0.29) is 29.6 Å². The Labute approximate surface area is 162 Å². The number of morpholine rings is 1. The predicted octanol–water partition coefficient (Wildman–Crippen LogP) is 0.960. The van der Waals surface area contributed by atoms with E-state index < -0.39 is 14.9 Å². The molecule has 1 aliphatic rings. The zero-order chi connectivity index (χ0) is 20.3. The standard InChI is InChI=1S/C16H22N6O5S/c1-12(16-19-18-11-20(16)2)10-17-14-4-3-13(22(23)24)9-15(14)28(25,26)21-5-7-27-8-6-21/h3-4,9,11-12,17H,5-8,10H2,1-2H3/t12-/m0/s1. The fourth-order valence-electron chi connectivity index (χ4n) is 3.00. The number of anilines is 1. The molecule has 0 unspecified atom stereocenters. The van der Waals surface area contributed by atoms with Crippen molar-refractivity contribution in [3.63, 3.8) is 0 Å². The molecule has 1 saturated heterocycles. The van der Waals surface area contributed by atoms with Crippen molar-refractivity contribution in [2.45, 2.75) is 17.7 Å². The van der Waals surface area contributed by atoms with Crippen LogP contribution in [0.4, 0.5) is 11.4 Å². The number of hydrogen-bond donors (Lipinski definition) is 1. The van der Waals surface area contributed by atoms with Gasteiger partial charge >= 0.3 is 0 Å². The lowest BCUT2D eigenvalue weighted by atomic mass is 10.1. The molecule has 0 spiro atoms. The van der Waals surface area contributed by atoms with E-state index in [2.05, 4.69) is 15.5 Å². The van der Waals surface area contributed by atoms with E-state index in [4.69, 9.17) is 4.74 Å². The van der Waals surface area contributed by atoms with E-state index in [0.29, 0.717) is 25.4 Å². The first-order valence-corrected chi connectivity index (χ1v) is 10.2. The van der Waals surface area contributed by atoms with E-state index in [1.165, 1.54) is 16.4 Å². The third-order valence-electron chi connectivity index (χ3n) is 4.55. The second kappa shape index (κ2) is 8.20. The second-order valence-electron chi connectivity index (χ2n) is 6.54. The van der Waals surface area contributed by atoms with Crippen molar-refractivity contribution in [2.75, 3.05) is 38.2 Å². The van der Waals surface area contributed by atoms with Gasteiger partial charge in [-0.15, -0.1) is 10.2 Å². The highest BCUT2D eigenvalue weighted by molar-refractivity contribution is 7.89. The molecule has 3 rings (SSSR count). The molecule has 0 amide bonds. The molecule has 1 N–H and O–H groups in total. The van der Waals surface area contributed by atoms with Crippen LogP contribution in [0.2, 0.25) is 0 Å². The summed E-state index contributed by atoms with van der Waals surface area (Å²) in [4.78, 5) is 10.4. The zero-order valence-corrected chi connectivity index (χ0v) is 16.4. The number of nitrogens with zero attached hydrogens (tertiary/aromatic N) is 5. The normalized spacial score (nSPS) is 16.6. The molecule has 1 aliphatic heterocycles. The minimum absolute atomic E-state index is 0.0540. The number of nitro groups is 1. The van der Waals surface area contributed by atoms with Gasteiger partial charge in [0.05, 0.1) is 23.8 Å². The van der Waals surface area contributed by atoms with Crippen molar-refractivity contribution in [1.29, 1.82) is 0 Å². The quantitative estimate of drug-likeness (QED) is 0.527. The first-order chi connectivity index (χ1) is 13.3. The molecule has 2 heterocycles. The smallest absolute Gasteiger partial charge is 0.270 e. The summed E-state index contributed by atoms with van der Waals surface area (Å²) in [6.07, 6.45) is 1.59. The van der Waals surface area contributed by atoms with Crippen LogP contribution in [0.3, 0.4) is 0 Å². The van der Waals surface area contributed by atoms with Crippen LogP contribution >= 0.6 is 0 Å². The number of nitrogens with one attached hydrogen (secondary N) is 1. The first-order valence-electron chi connectivity index (χ1n) is 8.75. The van der Waals surface area contributed by atoms with Gasteiger partial charge in [-0.05, 0) is 6.07 Å². The van der Waals surface area contributed by atoms with Crippen molar-refractivity contribution in [1.82, 2.24) is 19.1 Å². The summed E-state index contributed by atoms with van der Waals surface area (Å²) in [6, 6.07) is 3.81. The minimum Gasteiger partial charge on any atom is -0.383 e. The van der Waals surface area contributed by atoms with Crippen LogP contribution in [0.1, 0.15) is 18.7 Å². The van der Waals surface area contributed by atoms with Gasteiger partial charge in [-0.25, -0.2) is 8.42 Å². The molecule has 0 radical (unpaired) electrons. The number of nitro benzene ring substituents is 1. The number of benzene rings is 1. The number of ether oxygens (including phenoxy) is 1. The lowest BCUT2D eigenvalue weighted by molar-refractivity contribution is -0.385. The number of rotatable bonds is 7. The monoisotopic (exact) mass is 410 g/mol. The summed E-state index contributed by atoms with van der Waals surface area (Å²) >= 11 is 0. The Balaban J connectivity index is 1.90. The van der Waals surface area contributed by atoms with Gasteiger partial charge in [-0.2, -0.15) is 4.31 Å². The molecule has 12 heteroatoms. The molecule has 2 aromatic rings. The second-order valence-corrected chi connectivity index (χ2v) is 8.44. The van der Waals surface area contributed by atoms with E-state index >= 15 is 0 Å². The Kier molecular flexibility index (Phi) is 5.91. The number of aryl methyl sites for hydroxylation is 1. The summed E-state index contributed by atoms with van der Waals surface area (Å²) < 4.78 is 34.5. The molecule has 1 fully saturated rings. The van der Waals surface area contributed by atoms with Crippen molar-refractivity contribution in [3.05, 3.63) is 40.5 Å². The van der Waals surface area contributed by atoms with Crippen LogP contribution in [-0.4, -0.2) is 65.3 Å². The topological polar surface area (TPSA) is 132 Å².